The average molecular weight is 474 g/mol. The Morgan fingerprint density at radius 2 is 1.18 bits per heavy atom. The van der Waals surface area contributed by atoms with Gasteiger partial charge in [0, 0.05) is 32.8 Å². The molecule has 0 rings (SSSR count). The Morgan fingerprint density at radius 3 is 1.67 bits per heavy atom. The summed E-state index contributed by atoms with van der Waals surface area (Å²) in [4.78, 5) is 0. The van der Waals surface area contributed by atoms with E-state index in [1.165, 1.54) is 57.8 Å². The monoisotopic (exact) mass is 473 g/mol. The molecule has 0 saturated heterocycles. The maximum atomic E-state index is 5.80. The Bertz CT molecular complexity index is 421. The van der Waals surface area contributed by atoms with Crippen molar-refractivity contribution in [2.75, 3.05) is 67.2 Å². The van der Waals surface area contributed by atoms with Crippen molar-refractivity contribution in [3.8, 4) is 0 Å². The summed E-state index contributed by atoms with van der Waals surface area (Å²) in [6, 6.07) is 0. The molecule has 0 aliphatic rings. The number of rotatable bonds is 25. The minimum atomic E-state index is -0.831. The summed E-state index contributed by atoms with van der Waals surface area (Å²) in [6.45, 7) is 11.6. The van der Waals surface area contributed by atoms with Crippen LogP contribution < -0.4 is 5.32 Å². The maximum absolute atomic E-state index is 5.80. The average Bonchev–Trinajstić information content (AvgIpc) is 2.75. The summed E-state index contributed by atoms with van der Waals surface area (Å²) < 4.78 is 23.8. The van der Waals surface area contributed by atoms with Crippen LogP contribution in [0.1, 0.15) is 91.4 Å². The summed E-state index contributed by atoms with van der Waals surface area (Å²) in [7, 11) is 6.54. The van der Waals surface area contributed by atoms with E-state index >= 15 is 0 Å². The zero-order valence-electron chi connectivity index (χ0n) is 23.0. The van der Waals surface area contributed by atoms with E-state index < -0.39 is 5.97 Å². The minimum absolute atomic E-state index is 0.611. The highest BCUT2D eigenvalue weighted by Crippen LogP contribution is 2.24. The molecule has 0 aliphatic heterocycles. The van der Waals surface area contributed by atoms with Gasteiger partial charge in [-0.25, -0.2) is 0 Å². The van der Waals surface area contributed by atoms with Crippen molar-refractivity contribution < 1.29 is 23.4 Å². The van der Waals surface area contributed by atoms with Crippen LogP contribution in [0.5, 0.6) is 0 Å². The van der Waals surface area contributed by atoms with E-state index in [0.29, 0.717) is 19.8 Å². The first-order chi connectivity index (χ1) is 15.9. The largest absolute Gasteiger partial charge is 0.496 e. The van der Waals surface area contributed by atoms with E-state index in [4.69, 9.17) is 18.9 Å². The van der Waals surface area contributed by atoms with Gasteiger partial charge in [0.05, 0.1) is 27.4 Å². The van der Waals surface area contributed by atoms with Gasteiger partial charge in [0.15, 0.2) is 0 Å². The van der Waals surface area contributed by atoms with Gasteiger partial charge in [-0.2, -0.15) is 0 Å². The highest BCUT2D eigenvalue weighted by Gasteiger charge is 2.31. The van der Waals surface area contributed by atoms with Gasteiger partial charge in [-0.15, -0.1) is 0 Å². The zero-order chi connectivity index (χ0) is 24.7. The molecule has 198 valence electrons. The summed E-state index contributed by atoms with van der Waals surface area (Å²) in [5.41, 5.74) is 0. The smallest absolute Gasteiger partial charge is 0.282 e. The number of unbranched alkanes of at least 4 members (excludes halogenated alkanes) is 9. The molecule has 0 unspecified atom stereocenters. The van der Waals surface area contributed by atoms with Gasteiger partial charge >= 0.3 is 0 Å². The second-order valence-corrected chi connectivity index (χ2v) is 9.73. The molecule has 0 aromatic rings. The van der Waals surface area contributed by atoms with Crippen LogP contribution in [-0.4, -0.2) is 77.7 Å². The number of hydrogen-bond donors (Lipinski definition) is 1. The molecule has 0 saturated carbocycles. The lowest BCUT2D eigenvalue weighted by atomic mass is 10.1. The number of likely N-dealkylation sites (N-methyl/N-ethyl adjacent to an activating group) is 1. The van der Waals surface area contributed by atoms with Gasteiger partial charge in [-0.1, -0.05) is 51.4 Å². The standard InChI is InChI=1S/C27H57N2O4/c1-7-31-27(32-8-2,33-9-3)21-18-16-14-12-10-11-13-15-17-19-22-28-23-20-25-30-26-24-29(4,5)6/h20,25,28H,7-19,21-24,26H2,1-6H3/q+1. The Morgan fingerprint density at radius 1 is 0.697 bits per heavy atom. The topological polar surface area (TPSA) is 49.0 Å². The molecule has 0 fully saturated rings. The van der Waals surface area contributed by atoms with Crippen LogP contribution in [-0.2, 0) is 18.9 Å². The van der Waals surface area contributed by atoms with E-state index in [9.17, 15) is 0 Å². The van der Waals surface area contributed by atoms with E-state index in [0.717, 1.165) is 43.6 Å². The molecule has 0 aromatic carbocycles. The molecule has 0 aromatic heterocycles. The predicted octanol–water partition coefficient (Wildman–Crippen LogP) is 5.87. The lowest BCUT2D eigenvalue weighted by Crippen LogP contribution is -2.39. The lowest BCUT2D eigenvalue weighted by Gasteiger charge is -2.32. The van der Waals surface area contributed by atoms with E-state index in [1.54, 1.807) is 0 Å². The maximum Gasteiger partial charge on any atom is 0.282 e. The van der Waals surface area contributed by atoms with Crippen molar-refractivity contribution in [2.24, 2.45) is 0 Å². The minimum Gasteiger partial charge on any atom is -0.496 e. The Kier molecular flexibility index (Phi) is 21.4. The van der Waals surface area contributed by atoms with Gasteiger partial charge in [-0.3, -0.25) is 0 Å². The van der Waals surface area contributed by atoms with E-state index in [1.807, 2.05) is 27.0 Å². The number of quaternary nitrogens is 1. The number of ether oxygens (including phenoxy) is 4. The van der Waals surface area contributed by atoms with E-state index in [2.05, 4.69) is 32.5 Å². The third kappa shape index (κ3) is 21.6. The lowest BCUT2D eigenvalue weighted by molar-refractivity contribution is -0.870. The fourth-order valence-corrected chi connectivity index (χ4v) is 3.70. The first kappa shape index (κ1) is 32.3. The summed E-state index contributed by atoms with van der Waals surface area (Å²) >= 11 is 0. The molecule has 0 heterocycles. The second kappa shape index (κ2) is 21.8. The van der Waals surface area contributed by atoms with Crippen molar-refractivity contribution in [1.82, 2.24) is 5.32 Å². The van der Waals surface area contributed by atoms with Gasteiger partial charge in [0.2, 0.25) is 0 Å². The van der Waals surface area contributed by atoms with Crippen molar-refractivity contribution in [3.05, 3.63) is 12.3 Å². The Balaban J connectivity index is 3.46. The quantitative estimate of drug-likeness (QED) is 0.0778. The molecule has 6 heteroatoms. The van der Waals surface area contributed by atoms with Gasteiger partial charge in [-0.05, 0) is 46.2 Å². The molecule has 0 amide bonds. The van der Waals surface area contributed by atoms with Crippen LogP contribution >= 0.6 is 0 Å². The Labute approximate surface area is 206 Å². The first-order valence-corrected chi connectivity index (χ1v) is 13.6. The Hall–Kier alpha value is -0.660. The highest BCUT2D eigenvalue weighted by molar-refractivity contribution is 4.76. The van der Waals surface area contributed by atoms with Gasteiger partial charge in [0.25, 0.3) is 5.97 Å². The summed E-state index contributed by atoms with van der Waals surface area (Å²) in [6.07, 6.45) is 17.7. The van der Waals surface area contributed by atoms with Crippen LogP contribution in [0.2, 0.25) is 0 Å². The zero-order valence-corrected chi connectivity index (χ0v) is 23.0. The van der Waals surface area contributed by atoms with Crippen LogP contribution in [0, 0.1) is 0 Å². The molecule has 0 spiro atoms. The molecule has 6 nitrogen and oxygen atoms in total. The van der Waals surface area contributed by atoms with Crippen molar-refractivity contribution >= 4 is 0 Å². The van der Waals surface area contributed by atoms with Crippen LogP contribution in [0.3, 0.4) is 0 Å². The first-order valence-electron chi connectivity index (χ1n) is 13.6. The molecule has 0 atom stereocenters. The normalized spacial score (nSPS) is 12.7. The number of hydrogen-bond acceptors (Lipinski definition) is 5. The SMILES string of the molecule is CCOC(CCCCCCCCCCCCNCC=COCC[N+](C)(C)C)(OCC)OCC. The van der Waals surface area contributed by atoms with Gasteiger partial charge in [0.1, 0.15) is 13.2 Å². The van der Waals surface area contributed by atoms with Crippen LogP contribution in [0.25, 0.3) is 0 Å². The molecule has 1 N–H and O–H groups in total. The molecule has 0 radical (unpaired) electrons. The van der Waals surface area contributed by atoms with Gasteiger partial charge < -0.3 is 28.7 Å². The highest BCUT2D eigenvalue weighted by atomic mass is 16.9. The fourth-order valence-electron chi connectivity index (χ4n) is 3.70. The van der Waals surface area contributed by atoms with Crippen molar-refractivity contribution in [3.63, 3.8) is 0 Å². The number of nitrogens with zero attached hydrogens (tertiary/aromatic N) is 1. The number of nitrogens with one attached hydrogen (secondary N) is 1. The summed E-state index contributed by atoms with van der Waals surface area (Å²) in [5, 5.41) is 3.46. The molecule has 0 aliphatic carbocycles. The molecular weight excluding hydrogens is 416 g/mol. The second-order valence-electron chi connectivity index (χ2n) is 9.73. The van der Waals surface area contributed by atoms with Crippen molar-refractivity contribution in [2.45, 2.75) is 97.4 Å². The predicted molar refractivity (Wildman–Crippen MR) is 139 cm³/mol. The van der Waals surface area contributed by atoms with Crippen LogP contribution in [0.15, 0.2) is 12.3 Å². The third-order valence-electron chi connectivity index (χ3n) is 5.51. The summed E-state index contributed by atoms with van der Waals surface area (Å²) in [5.74, 6) is -0.831. The van der Waals surface area contributed by atoms with E-state index in [-0.39, 0.29) is 0 Å². The molecule has 0 bridgehead atoms. The van der Waals surface area contributed by atoms with Crippen molar-refractivity contribution in [1.29, 1.82) is 0 Å². The fraction of sp³-hybridized carbons (Fsp3) is 0.926. The third-order valence-corrected chi connectivity index (χ3v) is 5.51. The molecular formula is C27H57N2O4+. The molecule has 33 heavy (non-hydrogen) atoms. The van der Waals surface area contributed by atoms with Crippen LogP contribution in [0.4, 0.5) is 0 Å².